The molecule has 11 heteroatoms. The molecule has 0 unspecified atom stereocenters. The molecular weight excluding hydrogens is 424 g/mol. The van der Waals surface area contributed by atoms with Crippen LogP contribution >= 0.6 is 12.8 Å². The quantitative estimate of drug-likeness (QED) is 0.395. The molecule has 2 aromatic rings. The fourth-order valence-electron chi connectivity index (χ4n) is 2.21. The van der Waals surface area contributed by atoms with Crippen LogP contribution in [-0.2, 0) is 9.53 Å². The molecule has 0 atom stereocenters. The van der Waals surface area contributed by atoms with Crippen molar-refractivity contribution in [1.29, 1.82) is 0 Å². The first kappa shape index (κ1) is 23.7. The summed E-state index contributed by atoms with van der Waals surface area (Å²) in [7, 11) is 0. The van der Waals surface area contributed by atoms with Crippen molar-refractivity contribution in [3.8, 4) is 5.75 Å². The summed E-state index contributed by atoms with van der Waals surface area (Å²) >= 11 is 3.63. The summed E-state index contributed by atoms with van der Waals surface area (Å²) in [5.74, 6) is -1.31. The highest BCUT2D eigenvalue weighted by molar-refractivity contribution is 7.78. The Labute approximate surface area is 184 Å². The molecule has 2 rings (SSSR count). The smallest absolute Gasteiger partial charge is 0.344 e. The molecule has 0 radical (unpaired) electrons. The molecule has 3 N–H and O–H groups in total. The topological polar surface area (TPSA) is 136 Å². The van der Waals surface area contributed by atoms with E-state index in [2.05, 4.69) is 33.2 Å². The van der Waals surface area contributed by atoms with Crippen LogP contribution < -0.4 is 20.1 Å². The lowest BCUT2D eigenvalue weighted by Crippen LogP contribution is -2.34. The number of aromatic nitrogens is 1. The summed E-state index contributed by atoms with van der Waals surface area (Å²) in [6, 6.07) is 8.11. The van der Waals surface area contributed by atoms with Crippen LogP contribution in [0.15, 0.2) is 42.6 Å². The molecule has 31 heavy (non-hydrogen) atoms. The van der Waals surface area contributed by atoms with Crippen LogP contribution in [0.1, 0.15) is 41.6 Å². The molecule has 0 aliphatic rings. The summed E-state index contributed by atoms with van der Waals surface area (Å²) in [5.41, 5.74) is -0.0337. The highest BCUT2D eigenvalue weighted by Gasteiger charge is 2.17. The van der Waals surface area contributed by atoms with E-state index in [1.165, 1.54) is 12.1 Å². The van der Waals surface area contributed by atoms with Gasteiger partial charge in [-0.25, -0.2) is 9.59 Å². The maximum absolute atomic E-state index is 12.1. The predicted molar refractivity (Wildman–Crippen MR) is 115 cm³/mol. The van der Waals surface area contributed by atoms with Crippen molar-refractivity contribution in [2.45, 2.75) is 26.4 Å². The van der Waals surface area contributed by atoms with Crippen molar-refractivity contribution in [3.05, 3.63) is 53.9 Å². The average Bonchev–Trinajstić information content (AvgIpc) is 2.71. The van der Waals surface area contributed by atoms with Crippen molar-refractivity contribution >= 4 is 42.3 Å². The zero-order valence-electron chi connectivity index (χ0n) is 17.1. The molecule has 1 heterocycles. The number of rotatable bonds is 6. The Morgan fingerprint density at radius 2 is 1.68 bits per heavy atom. The zero-order valence-corrected chi connectivity index (χ0v) is 18.0. The number of nitrogens with zero attached hydrogens (tertiary/aromatic N) is 1. The van der Waals surface area contributed by atoms with Gasteiger partial charge in [0.25, 0.3) is 11.8 Å². The Morgan fingerprint density at radius 3 is 2.23 bits per heavy atom. The van der Waals surface area contributed by atoms with Gasteiger partial charge in [-0.3, -0.25) is 24.6 Å². The zero-order chi connectivity index (χ0) is 23.0. The second kappa shape index (κ2) is 10.4. The first-order valence-corrected chi connectivity index (χ1v) is 9.49. The largest absolute Gasteiger partial charge is 0.482 e. The summed E-state index contributed by atoms with van der Waals surface area (Å²) in [6.07, 6.45) is 1.16. The highest BCUT2D eigenvalue weighted by Crippen LogP contribution is 2.16. The predicted octanol–water partition coefficient (Wildman–Crippen LogP) is 2.34. The van der Waals surface area contributed by atoms with E-state index in [1.54, 1.807) is 45.0 Å². The van der Waals surface area contributed by atoms with Gasteiger partial charge in [0.05, 0.1) is 5.56 Å². The molecule has 1 aromatic carbocycles. The maximum Gasteiger partial charge on any atom is 0.344 e. The van der Waals surface area contributed by atoms with Gasteiger partial charge in [0.15, 0.2) is 6.61 Å². The lowest BCUT2D eigenvalue weighted by molar-refractivity contribution is -0.157. The minimum atomic E-state index is -0.760. The first-order valence-electron chi connectivity index (χ1n) is 9.05. The van der Waals surface area contributed by atoms with Crippen LogP contribution in [0.3, 0.4) is 0 Å². The van der Waals surface area contributed by atoms with E-state index in [4.69, 9.17) is 9.47 Å². The van der Waals surface area contributed by atoms with Gasteiger partial charge in [-0.2, -0.15) is 0 Å². The van der Waals surface area contributed by atoms with Crippen LogP contribution in [0.4, 0.5) is 10.5 Å². The number of amides is 4. The number of pyridine rings is 1. The van der Waals surface area contributed by atoms with E-state index in [-0.39, 0.29) is 17.9 Å². The molecule has 0 saturated heterocycles. The van der Waals surface area contributed by atoms with Crippen LogP contribution in [0.25, 0.3) is 0 Å². The number of urea groups is 1. The second-order valence-corrected chi connectivity index (χ2v) is 7.40. The van der Waals surface area contributed by atoms with Crippen LogP contribution in [0.2, 0.25) is 0 Å². The van der Waals surface area contributed by atoms with Gasteiger partial charge >= 0.3 is 12.0 Å². The number of hydrogen-bond acceptors (Lipinski definition) is 8. The van der Waals surface area contributed by atoms with Crippen molar-refractivity contribution in [1.82, 2.24) is 15.0 Å². The van der Waals surface area contributed by atoms with Gasteiger partial charge in [-0.05, 0) is 57.2 Å². The monoisotopic (exact) mass is 446 g/mol. The fraction of sp³-hybridized carbons (Fsp3) is 0.250. The van der Waals surface area contributed by atoms with E-state index < -0.39 is 29.4 Å². The van der Waals surface area contributed by atoms with E-state index in [0.717, 1.165) is 6.20 Å². The van der Waals surface area contributed by atoms with Gasteiger partial charge in [0.1, 0.15) is 17.0 Å². The molecule has 0 spiro atoms. The Hall–Kier alpha value is -3.60. The Kier molecular flexibility index (Phi) is 7.97. The number of carbonyl (C=O) groups is 4. The van der Waals surface area contributed by atoms with Gasteiger partial charge < -0.3 is 14.8 Å². The number of thiol groups is 1. The molecule has 0 bridgehead atoms. The van der Waals surface area contributed by atoms with Crippen molar-refractivity contribution in [3.63, 3.8) is 0 Å². The molecule has 0 fully saturated rings. The fourth-order valence-corrected chi connectivity index (χ4v) is 2.32. The van der Waals surface area contributed by atoms with Crippen molar-refractivity contribution in [2.24, 2.45) is 0 Å². The number of anilines is 1. The Balaban J connectivity index is 1.84. The number of carbonyl (C=O) groups excluding carboxylic acids is 4. The number of ether oxygens (including phenoxy) is 2. The standard InChI is InChI=1S/C20H22N4O6S/c1-20(2,3)30-16(25)11-29-14-7-5-13(6-8-14)22-19(28)23-17(26)12-4-9-15(21-10-12)18(27)24-31/h4-10,31H,11H2,1-3H3,(H,24,27)(H2,22,23,26,28). The number of esters is 1. The van der Waals surface area contributed by atoms with E-state index in [0.29, 0.717) is 11.4 Å². The Morgan fingerprint density at radius 1 is 1.00 bits per heavy atom. The molecule has 10 nitrogen and oxygen atoms in total. The van der Waals surface area contributed by atoms with E-state index in [9.17, 15) is 19.2 Å². The third-order valence-electron chi connectivity index (χ3n) is 3.48. The van der Waals surface area contributed by atoms with Gasteiger partial charge in [0, 0.05) is 11.9 Å². The number of nitrogens with one attached hydrogen (secondary N) is 3. The molecule has 164 valence electrons. The third-order valence-corrected chi connectivity index (χ3v) is 3.68. The van der Waals surface area contributed by atoms with Crippen molar-refractivity contribution < 1.29 is 28.7 Å². The van der Waals surface area contributed by atoms with E-state index >= 15 is 0 Å². The molecule has 0 aliphatic carbocycles. The summed E-state index contributed by atoms with van der Waals surface area (Å²) < 4.78 is 12.6. The van der Waals surface area contributed by atoms with Crippen LogP contribution in [0.5, 0.6) is 5.75 Å². The average molecular weight is 446 g/mol. The summed E-state index contributed by atoms with van der Waals surface area (Å²) in [5, 5.41) is 4.64. The lowest BCUT2D eigenvalue weighted by atomic mass is 10.2. The minimum absolute atomic E-state index is 0.0741. The van der Waals surface area contributed by atoms with Crippen LogP contribution in [0, 0.1) is 0 Å². The summed E-state index contributed by atoms with van der Waals surface area (Å²) in [4.78, 5) is 51.0. The Bertz CT molecular complexity index is 955. The SMILES string of the molecule is CC(C)(C)OC(=O)COc1ccc(NC(=O)NC(=O)c2ccc(C(=O)NS)nc2)cc1. The van der Waals surface area contributed by atoms with Crippen molar-refractivity contribution in [2.75, 3.05) is 11.9 Å². The minimum Gasteiger partial charge on any atom is -0.482 e. The molecule has 1 aromatic heterocycles. The second-order valence-electron chi connectivity index (χ2n) is 7.18. The van der Waals surface area contributed by atoms with Gasteiger partial charge in [-0.1, -0.05) is 12.8 Å². The van der Waals surface area contributed by atoms with Gasteiger partial charge in [0.2, 0.25) is 0 Å². The van der Waals surface area contributed by atoms with Crippen LogP contribution in [-0.4, -0.2) is 41.0 Å². The molecule has 4 amide bonds. The number of benzene rings is 1. The lowest BCUT2D eigenvalue weighted by Gasteiger charge is -2.19. The van der Waals surface area contributed by atoms with Gasteiger partial charge in [-0.15, -0.1) is 0 Å². The first-order chi connectivity index (χ1) is 14.6. The third kappa shape index (κ3) is 7.97. The normalized spacial score (nSPS) is 10.6. The maximum atomic E-state index is 12.1. The molecule has 0 saturated carbocycles. The molecule has 0 aliphatic heterocycles. The summed E-state index contributed by atoms with van der Waals surface area (Å²) in [6.45, 7) is 5.03. The number of hydrogen-bond donors (Lipinski definition) is 4. The highest BCUT2D eigenvalue weighted by atomic mass is 32.1. The molecular formula is C20H22N4O6S. The van der Waals surface area contributed by atoms with E-state index in [1.807, 2.05) is 0 Å². The number of imide groups is 1.